The lowest BCUT2D eigenvalue weighted by atomic mass is 10.0. The first-order chi connectivity index (χ1) is 8.01. The van der Waals surface area contributed by atoms with Gasteiger partial charge in [-0.25, -0.2) is 0 Å². The highest BCUT2D eigenvalue weighted by molar-refractivity contribution is 5.89. The zero-order valence-electron chi connectivity index (χ0n) is 10.4. The summed E-state index contributed by atoms with van der Waals surface area (Å²) < 4.78 is 4.68. The third-order valence-electron chi connectivity index (χ3n) is 2.32. The summed E-state index contributed by atoms with van der Waals surface area (Å²) in [4.78, 5) is 33.5. The van der Waals surface area contributed by atoms with Crippen molar-refractivity contribution in [3.8, 4) is 0 Å². The van der Waals surface area contributed by atoms with E-state index in [1.807, 2.05) is 0 Å². The number of aliphatic hydroxyl groups is 1. The van der Waals surface area contributed by atoms with Crippen LogP contribution in [0.3, 0.4) is 0 Å². The minimum atomic E-state index is -0.979. The topological polar surface area (TPSA) is 80.7 Å². The first kappa shape index (κ1) is 15.8. The molecule has 0 saturated heterocycles. The van der Waals surface area contributed by atoms with Gasteiger partial charge in [-0.05, 0) is 13.3 Å². The number of ether oxygens (including phenoxy) is 1. The van der Waals surface area contributed by atoms with Gasteiger partial charge in [0.05, 0.1) is 13.0 Å². The van der Waals surface area contributed by atoms with Crippen LogP contribution in [0.25, 0.3) is 0 Å². The largest absolute Gasteiger partial charge is 0.466 e. The smallest absolute Gasteiger partial charge is 0.306 e. The zero-order valence-corrected chi connectivity index (χ0v) is 10.4. The van der Waals surface area contributed by atoms with Gasteiger partial charge in [0.1, 0.15) is 11.9 Å². The molecular formula is C12H20O5. The fourth-order valence-electron chi connectivity index (χ4n) is 1.26. The van der Waals surface area contributed by atoms with Crippen LogP contribution in [0.15, 0.2) is 0 Å². The summed E-state index contributed by atoms with van der Waals surface area (Å²) in [5, 5.41) is 9.19. The molecule has 0 radical (unpaired) electrons. The van der Waals surface area contributed by atoms with Crippen LogP contribution in [-0.2, 0) is 19.1 Å². The molecule has 0 aliphatic rings. The molecule has 5 nitrogen and oxygen atoms in total. The van der Waals surface area contributed by atoms with Crippen molar-refractivity contribution in [2.24, 2.45) is 0 Å². The minimum absolute atomic E-state index is 0.0384. The molecule has 0 saturated carbocycles. The Hall–Kier alpha value is -1.23. The SMILES string of the molecule is CCOC(=O)CCC(=O)CCC(=O)C(O)CC. The Morgan fingerprint density at radius 1 is 1.06 bits per heavy atom. The van der Waals surface area contributed by atoms with E-state index < -0.39 is 12.1 Å². The van der Waals surface area contributed by atoms with Crippen molar-refractivity contribution >= 4 is 17.5 Å². The molecule has 1 N–H and O–H groups in total. The summed E-state index contributed by atoms with van der Waals surface area (Å²) in [6, 6.07) is 0. The van der Waals surface area contributed by atoms with E-state index >= 15 is 0 Å². The van der Waals surface area contributed by atoms with Crippen LogP contribution in [0.5, 0.6) is 0 Å². The number of ketones is 2. The maximum absolute atomic E-state index is 11.3. The Bertz CT molecular complexity index is 272. The summed E-state index contributed by atoms with van der Waals surface area (Å²) in [7, 11) is 0. The summed E-state index contributed by atoms with van der Waals surface area (Å²) in [6.45, 7) is 3.70. The lowest BCUT2D eigenvalue weighted by Gasteiger charge is -2.05. The molecule has 0 aliphatic carbocycles. The van der Waals surface area contributed by atoms with Gasteiger partial charge in [-0.2, -0.15) is 0 Å². The van der Waals surface area contributed by atoms with Crippen molar-refractivity contribution < 1.29 is 24.2 Å². The van der Waals surface area contributed by atoms with Gasteiger partial charge in [0.2, 0.25) is 0 Å². The Labute approximate surface area is 101 Å². The summed E-state index contributed by atoms with van der Waals surface area (Å²) in [5.74, 6) is -0.882. The van der Waals surface area contributed by atoms with Crippen molar-refractivity contribution in [2.45, 2.75) is 52.1 Å². The maximum atomic E-state index is 11.3. The van der Waals surface area contributed by atoms with Crippen LogP contribution in [0.1, 0.15) is 46.0 Å². The second-order valence-electron chi connectivity index (χ2n) is 3.73. The van der Waals surface area contributed by atoms with Gasteiger partial charge in [0.15, 0.2) is 5.78 Å². The lowest BCUT2D eigenvalue weighted by Crippen LogP contribution is -2.20. The Balaban J connectivity index is 3.73. The third-order valence-corrected chi connectivity index (χ3v) is 2.32. The van der Waals surface area contributed by atoms with E-state index in [1.54, 1.807) is 13.8 Å². The second kappa shape index (κ2) is 8.87. The summed E-state index contributed by atoms with van der Waals surface area (Å²) in [5.41, 5.74) is 0. The number of carbonyl (C=O) groups excluding carboxylic acids is 3. The van der Waals surface area contributed by atoms with Gasteiger partial charge in [-0.3, -0.25) is 14.4 Å². The number of rotatable bonds is 9. The van der Waals surface area contributed by atoms with Crippen molar-refractivity contribution in [2.75, 3.05) is 6.61 Å². The molecule has 0 aromatic heterocycles. The summed E-state index contributed by atoms with van der Waals surface area (Å²) >= 11 is 0. The third kappa shape index (κ3) is 7.63. The van der Waals surface area contributed by atoms with Crippen LogP contribution >= 0.6 is 0 Å². The van der Waals surface area contributed by atoms with Crippen LogP contribution in [0.4, 0.5) is 0 Å². The van der Waals surface area contributed by atoms with Gasteiger partial charge in [-0.15, -0.1) is 0 Å². The highest BCUT2D eigenvalue weighted by Crippen LogP contribution is 2.04. The van der Waals surface area contributed by atoms with Crippen molar-refractivity contribution in [1.29, 1.82) is 0 Å². The number of esters is 1. The molecule has 0 aromatic rings. The van der Waals surface area contributed by atoms with E-state index in [9.17, 15) is 19.5 Å². The average molecular weight is 244 g/mol. The second-order valence-corrected chi connectivity index (χ2v) is 3.73. The molecule has 1 atom stereocenters. The van der Waals surface area contributed by atoms with E-state index in [4.69, 9.17) is 0 Å². The molecule has 0 spiro atoms. The Morgan fingerprint density at radius 2 is 1.65 bits per heavy atom. The molecule has 0 amide bonds. The molecule has 0 rings (SSSR count). The Kier molecular flexibility index (Phi) is 8.23. The molecular weight excluding hydrogens is 224 g/mol. The molecule has 98 valence electrons. The molecule has 5 heteroatoms. The number of carbonyl (C=O) groups is 3. The number of hydrogen-bond acceptors (Lipinski definition) is 5. The molecule has 1 unspecified atom stereocenters. The zero-order chi connectivity index (χ0) is 13.3. The standard InChI is InChI=1S/C12H20O5/c1-3-10(14)11(15)7-5-9(13)6-8-12(16)17-4-2/h10,14H,3-8H2,1-2H3. The number of aliphatic hydroxyl groups excluding tert-OH is 1. The van der Waals surface area contributed by atoms with Crippen LogP contribution in [0, 0.1) is 0 Å². The molecule has 0 bridgehead atoms. The van der Waals surface area contributed by atoms with Gasteiger partial charge in [-0.1, -0.05) is 6.92 Å². The lowest BCUT2D eigenvalue weighted by molar-refractivity contribution is -0.144. The van der Waals surface area contributed by atoms with Crippen LogP contribution < -0.4 is 0 Å². The van der Waals surface area contributed by atoms with E-state index in [0.717, 1.165) is 0 Å². The highest BCUT2D eigenvalue weighted by atomic mass is 16.5. The highest BCUT2D eigenvalue weighted by Gasteiger charge is 2.14. The molecule has 0 aromatic carbocycles. The first-order valence-electron chi connectivity index (χ1n) is 5.89. The van der Waals surface area contributed by atoms with E-state index in [0.29, 0.717) is 13.0 Å². The van der Waals surface area contributed by atoms with Gasteiger partial charge >= 0.3 is 5.97 Å². The van der Waals surface area contributed by atoms with E-state index in [-0.39, 0.29) is 37.2 Å². The van der Waals surface area contributed by atoms with Crippen LogP contribution in [-0.4, -0.2) is 35.4 Å². The van der Waals surface area contributed by atoms with Crippen molar-refractivity contribution in [1.82, 2.24) is 0 Å². The fraction of sp³-hybridized carbons (Fsp3) is 0.750. The quantitative estimate of drug-likeness (QED) is 0.612. The number of hydrogen-bond donors (Lipinski definition) is 1. The minimum Gasteiger partial charge on any atom is -0.466 e. The van der Waals surface area contributed by atoms with E-state index in [2.05, 4.69) is 4.74 Å². The first-order valence-corrected chi connectivity index (χ1v) is 5.89. The summed E-state index contributed by atoms with van der Waals surface area (Å²) in [6.07, 6.45) is -0.360. The van der Waals surface area contributed by atoms with Crippen molar-refractivity contribution in [3.05, 3.63) is 0 Å². The molecule has 0 fully saturated rings. The average Bonchev–Trinajstić information content (AvgIpc) is 2.32. The predicted octanol–water partition coefficient (Wildman–Crippen LogP) is 1.02. The van der Waals surface area contributed by atoms with Crippen LogP contribution in [0.2, 0.25) is 0 Å². The van der Waals surface area contributed by atoms with Crippen molar-refractivity contribution in [3.63, 3.8) is 0 Å². The van der Waals surface area contributed by atoms with Gasteiger partial charge in [0, 0.05) is 19.3 Å². The van der Waals surface area contributed by atoms with E-state index in [1.165, 1.54) is 0 Å². The number of Topliss-reactive ketones (excluding diaryl/α,β-unsaturated/α-hetero) is 2. The van der Waals surface area contributed by atoms with Gasteiger partial charge in [0.25, 0.3) is 0 Å². The van der Waals surface area contributed by atoms with Gasteiger partial charge < -0.3 is 9.84 Å². The maximum Gasteiger partial charge on any atom is 0.306 e. The molecule has 0 aliphatic heterocycles. The Morgan fingerprint density at radius 3 is 2.18 bits per heavy atom. The monoisotopic (exact) mass is 244 g/mol. The predicted molar refractivity (Wildman–Crippen MR) is 61.4 cm³/mol. The normalized spacial score (nSPS) is 11.9. The molecule has 0 heterocycles. The molecule has 17 heavy (non-hydrogen) atoms. The fourth-order valence-corrected chi connectivity index (χ4v) is 1.26.